The lowest BCUT2D eigenvalue weighted by atomic mass is 10.1. The Morgan fingerprint density at radius 1 is 0.917 bits per heavy atom. The van der Waals surface area contributed by atoms with Crippen LogP contribution in [0.15, 0.2) is 42.5 Å². The summed E-state index contributed by atoms with van der Waals surface area (Å²) in [5.74, 6) is 2.56. The summed E-state index contributed by atoms with van der Waals surface area (Å²) < 4.78 is 11.7. The Labute approximate surface area is 146 Å². The van der Waals surface area contributed by atoms with E-state index in [-0.39, 0.29) is 0 Å². The van der Waals surface area contributed by atoms with Crippen molar-refractivity contribution < 1.29 is 9.47 Å². The minimum Gasteiger partial charge on any atom is -0.494 e. The summed E-state index contributed by atoms with van der Waals surface area (Å²) in [6.45, 7) is 10.7. The molecule has 0 atom stereocenters. The Bertz CT molecular complexity index is 617. The zero-order chi connectivity index (χ0) is 17.4. The van der Waals surface area contributed by atoms with E-state index in [1.54, 1.807) is 0 Å². The van der Waals surface area contributed by atoms with E-state index >= 15 is 0 Å². The number of nitrogens with one attached hydrogen (secondary N) is 1. The number of para-hydroxylation sites is 1. The van der Waals surface area contributed by atoms with Crippen LogP contribution in [-0.4, -0.2) is 19.8 Å². The van der Waals surface area contributed by atoms with Gasteiger partial charge < -0.3 is 14.8 Å². The van der Waals surface area contributed by atoms with Gasteiger partial charge in [-0.2, -0.15) is 0 Å². The predicted octanol–water partition coefficient (Wildman–Crippen LogP) is 5.22. The first-order chi connectivity index (χ1) is 11.6. The topological polar surface area (TPSA) is 30.5 Å². The van der Waals surface area contributed by atoms with Gasteiger partial charge in [-0.25, -0.2) is 0 Å². The van der Waals surface area contributed by atoms with E-state index in [2.05, 4.69) is 51.2 Å². The molecular formula is C21H29NO2. The highest BCUT2D eigenvalue weighted by molar-refractivity contribution is 5.48. The first kappa shape index (κ1) is 18.2. The first-order valence-corrected chi connectivity index (χ1v) is 8.72. The van der Waals surface area contributed by atoms with E-state index in [1.165, 1.54) is 11.1 Å². The molecule has 2 aromatic carbocycles. The zero-order valence-electron chi connectivity index (χ0n) is 15.3. The number of hydrogen-bond donors (Lipinski definition) is 1. The van der Waals surface area contributed by atoms with Gasteiger partial charge in [0.2, 0.25) is 0 Å². The van der Waals surface area contributed by atoms with Gasteiger partial charge in [-0.15, -0.1) is 0 Å². The van der Waals surface area contributed by atoms with Crippen LogP contribution in [0.25, 0.3) is 0 Å². The van der Waals surface area contributed by atoms with E-state index in [0.29, 0.717) is 12.5 Å². The van der Waals surface area contributed by atoms with Crippen molar-refractivity contribution in [3.8, 4) is 11.5 Å². The summed E-state index contributed by atoms with van der Waals surface area (Å²) in [6.07, 6.45) is 1.07. The molecule has 1 N–H and O–H groups in total. The molecule has 0 aliphatic rings. The number of benzene rings is 2. The van der Waals surface area contributed by atoms with Gasteiger partial charge in [-0.1, -0.05) is 38.1 Å². The summed E-state index contributed by atoms with van der Waals surface area (Å²) in [4.78, 5) is 0. The third-order valence-corrected chi connectivity index (χ3v) is 3.88. The SMILES string of the molecule is Cc1cccc(C)c1OCCNc1cccc(OCCC(C)C)c1. The predicted molar refractivity (Wildman–Crippen MR) is 101 cm³/mol. The summed E-state index contributed by atoms with van der Waals surface area (Å²) in [5, 5.41) is 3.39. The van der Waals surface area contributed by atoms with Crippen LogP contribution in [0.5, 0.6) is 11.5 Å². The molecule has 0 fully saturated rings. The average Bonchev–Trinajstić information content (AvgIpc) is 2.54. The average molecular weight is 327 g/mol. The van der Waals surface area contributed by atoms with Gasteiger partial charge in [0.1, 0.15) is 18.1 Å². The van der Waals surface area contributed by atoms with Crippen molar-refractivity contribution in [2.75, 3.05) is 25.1 Å². The second kappa shape index (κ2) is 9.21. The van der Waals surface area contributed by atoms with Crippen molar-refractivity contribution in [2.45, 2.75) is 34.1 Å². The van der Waals surface area contributed by atoms with Gasteiger partial charge in [0.15, 0.2) is 0 Å². The third-order valence-electron chi connectivity index (χ3n) is 3.88. The monoisotopic (exact) mass is 327 g/mol. The van der Waals surface area contributed by atoms with Gasteiger partial charge in [-0.05, 0) is 49.4 Å². The third kappa shape index (κ3) is 5.80. The summed E-state index contributed by atoms with van der Waals surface area (Å²) in [5.41, 5.74) is 3.41. The van der Waals surface area contributed by atoms with Crippen molar-refractivity contribution in [1.82, 2.24) is 0 Å². The molecule has 0 bridgehead atoms. The van der Waals surface area contributed by atoms with E-state index in [0.717, 1.165) is 36.8 Å². The molecule has 0 aromatic heterocycles. The fraction of sp³-hybridized carbons (Fsp3) is 0.429. The van der Waals surface area contributed by atoms with Crippen molar-refractivity contribution in [3.05, 3.63) is 53.6 Å². The van der Waals surface area contributed by atoms with Crippen LogP contribution < -0.4 is 14.8 Å². The van der Waals surface area contributed by atoms with Crippen LogP contribution in [0.2, 0.25) is 0 Å². The Morgan fingerprint density at radius 3 is 2.33 bits per heavy atom. The van der Waals surface area contributed by atoms with Crippen molar-refractivity contribution in [1.29, 1.82) is 0 Å². The lowest BCUT2D eigenvalue weighted by Gasteiger charge is -2.13. The Hall–Kier alpha value is -2.16. The fourth-order valence-electron chi connectivity index (χ4n) is 2.48. The lowest BCUT2D eigenvalue weighted by molar-refractivity contribution is 0.289. The smallest absolute Gasteiger partial charge is 0.125 e. The molecule has 2 aromatic rings. The normalized spacial score (nSPS) is 10.7. The molecule has 0 saturated heterocycles. The van der Waals surface area contributed by atoms with Gasteiger partial charge in [-0.3, -0.25) is 0 Å². The van der Waals surface area contributed by atoms with Crippen LogP contribution >= 0.6 is 0 Å². The molecule has 0 radical (unpaired) electrons. The molecule has 3 nitrogen and oxygen atoms in total. The second-order valence-electron chi connectivity index (χ2n) is 6.55. The highest BCUT2D eigenvalue weighted by Gasteiger charge is 2.03. The standard InChI is InChI=1S/C21H29NO2/c1-16(2)11-13-23-20-10-6-9-19(15-20)22-12-14-24-21-17(3)7-5-8-18(21)4/h5-10,15-16,22H,11-14H2,1-4H3. The molecule has 130 valence electrons. The molecule has 2 rings (SSSR count). The minimum atomic E-state index is 0.629. The molecule has 24 heavy (non-hydrogen) atoms. The quantitative estimate of drug-likeness (QED) is 0.641. The zero-order valence-corrected chi connectivity index (χ0v) is 15.3. The molecule has 0 aliphatic heterocycles. The Kier molecular flexibility index (Phi) is 6.98. The highest BCUT2D eigenvalue weighted by atomic mass is 16.5. The van der Waals surface area contributed by atoms with Crippen LogP contribution in [0.3, 0.4) is 0 Å². The van der Waals surface area contributed by atoms with E-state index in [9.17, 15) is 0 Å². The maximum Gasteiger partial charge on any atom is 0.125 e. The number of ether oxygens (including phenoxy) is 2. The number of hydrogen-bond acceptors (Lipinski definition) is 3. The van der Waals surface area contributed by atoms with Crippen LogP contribution in [0, 0.1) is 19.8 Å². The summed E-state index contributed by atoms with van der Waals surface area (Å²) >= 11 is 0. The van der Waals surface area contributed by atoms with E-state index in [4.69, 9.17) is 9.47 Å². The number of aryl methyl sites for hydroxylation is 2. The maximum atomic E-state index is 5.92. The van der Waals surface area contributed by atoms with Gasteiger partial charge in [0, 0.05) is 18.3 Å². The summed E-state index contributed by atoms with van der Waals surface area (Å²) in [6, 6.07) is 14.3. The van der Waals surface area contributed by atoms with Crippen LogP contribution in [0.1, 0.15) is 31.4 Å². The van der Waals surface area contributed by atoms with E-state index in [1.807, 2.05) is 24.3 Å². The van der Waals surface area contributed by atoms with Crippen LogP contribution in [0.4, 0.5) is 5.69 Å². The largest absolute Gasteiger partial charge is 0.494 e. The molecule has 0 heterocycles. The van der Waals surface area contributed by atoms with Gasteiger partial charge >= 0.3 is 0 Å². The number of anilines is 1. The summed E-state index contributed by atoms with van der Waals surface area (Å²) in [7, 11) is 0. The molecule has 0 saturated carbocycles. The van der Waals surface area contributed by atoms with Crippen molar-refractivity contribution in [3.63, 3.8) is 0 Å². The highest BCUT2D eigenvalue weighted by Crippen LogP contribution is 2.22. The second-order valence-corrected chi connectivity index (χ2v) is 6.55. The van der Waals surface area contributed by atoms with E-state index < -0.39 is 0 Å². The van der Waals surface area contributed by atoms with Crippen LogP contribution in [-0.2, 0) is 0 Å². The maximum absolute atomic E-state index is 5.92. The minimum absolute atomic E-state index is 0.629. The molecule has 0 spiro atoms. The van der Waals surface area contributed by atoms with Crippen molar-refractivity contribution in [2.24, 2.45) is 5.92 Å². The van der Waals surface area contributed by atoms with Gasteiger partial charge in [0.05, 0.1) is 6.61 Å². The molecule has 0 aliphatic carbocycles. The Morgan fingerprint density at radius 2 is 1.62 bits per heavy atom. The molecule has 3 heteroatoms. The molecule has 0 amide bonds. The lowest BCUT2D eigenvalue weighted by Crippen LogP contribution is -2.12. The van der Waals surface area contributed by atoms with Crippen molar-refractivity contribution >= 4 is 5.69 Å². The Balaban J connectivity index is 1.78. The molecule has 0 unspecified atom stereocenters. The van der Waals surface area contributed by atoms with Gasteiger partial charge in [0.25, 0.3) is 0 Å². The number of rotatable bonds is 9. The fourth-order valence-corrected chi connectivity index (χ4v) is 2.48. The molecular weight excluding hydrogens is 298 g/mol. The first-order valence-electron chi connectivity index (χ1n) is 8.72.